The topological polar surface area (TPSA) is 116 Å². The van der Waals surface area contributed by atoms with E-state index in [4.69, 9.17) is 5.10 Å². The Morgan fingerprint density at radius 2 is 1.40 bits per heavy atom. The van der Waals surface area contributed by atoms with E-state index in [0.717, 1.165) is 38.2 Å². The van der Waals surface area contributed by atoms with Gasteiger partial charge in [-0.05, 0) is 46.5 Å². The number of carbonyl (C=O) groups is 1. The molecule has 0 fully saturated rings. The first-order valence-electron chi connectivity index (χ1n) is 15.1. The van der Waals surface area contributed by atoms with Crippen molar-refractivity contribution in [3.05, 3.63) is 187 Å². The fraction of sp³-hybridized carbons (Fsp3) is 0.111. The first-order chi connectivity index (χ1) is 23.4. The molecule has 0 spiro atoms. The van der Waals surface area contributed by atoms with Gasteiger partial charge in [0.15, 0.2) is 11.4 Å². The summed E-state index contributed by atoms with van der Waals surface area (Å²) in [6.45, 7) is 1.55. The van der Waals surface area contributed by atoms with Crippen molar-refractivity contribution in [1.29, 1.82) is 0 Å². The molecule has 4 aromatic carbocycles. The van der Waals surface area contributed by atoms with Crippen molar-refractivity contribution in [3.63, 3.8) is 0 Å². The molecule has 10 nitrogen and oxygen atoms in total. The lowest BCUT2D eigenvalue weighted by Crippen LogP contribution is -2.40. The number of aryl methyl sites for hydroxylation is 1. The number of rotatable bonds is 9. The van der Waals surface area contributed by atoms with Gasteiger partial charge in [-0.15, -0.1) is 26.3 Å². The minimum atomic E-state index is -1.02. The molecule has 12 heteroatoms. The van der Waals surface area contributed by atoms with E-state index < -0.39 is 22.7 Å². The van der Waals surface area contributed by atoms with Gasteiger partial charge in [0.1, 0.15) is 15.5 Å². The van der Waals surface area contributed by atoms with Gasteiger partial charge in [-0.3, -0.25) is 18.6 Å². The first-order valence-corrected chi connectivity index (χ1v) is 15.9. The lowest BCUT2D eigenvalue weighted by atomic mass is 9.77. The number of halogens is 1. The molecule has 0 atom stereocenters. The normalized spacial score (nSPS) is 11.5. The average molecular weight is 658 g/mol. The number of amides is 1. The third-order valence-electron chi connectivity index (χ3n) is 8.21. The van der Waals surface area contributed by atoms with Crippen LogP contribution in [0.5, 0.6) is 0 Å². The van der Waals surface area contributed by atoms with Crippen LogP contribution in [-0.4, -0.2) is 35.1 Å². The van der Waals surface area contributed by atoms with Crippen LogP contribution in [-0.2, 0) is 18.6 Å². The van der Waals surface area contributed by atoms with E-state index in [9.17, 15) is 18.8 Å². The highest BCUT2D eigenvalue weighted by Gasteiger charge is 2.41. The summed E-state index contributed by atoms with van der Waals surface area (Å²) < 4.78 is 15.6. The maximum Gasteiger partial charge on any atom is 0.336 e. The van der Waals surface area contributed by atoms with Crippen molar-refractivity contribution in [2.45, 2.75) is 25.6 Å². The second-order valence-corrected chi connectivity index (χ2v) is 12.2. The van der Waals surface area contributed by atoms with E-state index in [1.807, 2.05) is 91.0 Å². The SMILES string of the molecule is Cc1c(=O)n(Cc2nnn(C(c3ccccc3)(c3ccccc3)c3ccccc3)n2)c(=O)n2cc(C(=O)NCc3ccc(F)cc3)sc12. The van der Waals surface area contributed by atoms with Crippen LogP contribution in [0.15, 0.2) is 131 Å². The van der Waals surface area contributed by atoms with Crippen LogP contribution in [0.2, 0.25) is 0 Å². The van der Waals surface area contributed by atoms with E-state index in [0.29, 0.717) is 10.4 Å². The second-order valence-electron chi connectivity index (χ2n) is 11.2. The molecule has 1 amide bonds. The van der Waals surface area contributed by atoms with E-state index in [-0.39, 0.29) is 29.6 Å². The summed E-state index contributed by atoms with van der Waals surface area (Å²) in [4.78, 5) is 42.4. The summed E-state index contributed by atoms with van der Waals surface area (Å²) in [6, 6.07) is 35.3. The van der Waals surface area contributed by atoms with Crippen LogP contribution in [0.4, 0.5) is 4.39 Å². The Morgan fingerprint density at radius 3 is 1.96 bits per heavy atom. The number of fused-ring (bicyclic) bond motifs is 1. The Morgan fingerprint density at radius 1 is 0.833 bits per heavy atom. The number of nitrogens with one attached hydrogen (secondary N) is 1. The Bertz CT molecular complexity index is 2250. The summed E-state index contributed by atoms with van der Waals surface area (Å²) in [5, 5.41) is 16.4. The minimum absolute atomic E-state index is 0.160. The zero-order valence-corrected chi connectivity index (χ0v) is 26.5. The molecule has 238 valence electrons. The van der Waals surface area contributed by atoms with Crippen molar-refractivity contribution < 1.29 is 9.18 Å². The summed E-state index contributed by atoms with van der Waals surface area (Å²) in [6.07, 6.45) is 1.42. The van der Waals surface area contributed by atoms with E-state index in [1.54, 1.807) is 19.1 Å². The monoisotopic (exact) mass is 657 g/mol. The molecular formula is C36H28FN7O3S. The highest BCUT2D eigenvalue weighted by atomic mass is 32.1. The van der Waals surface area contributed by atoms with Crippen molar-refractivity contribution in [2.75, 3.05) is 0 Å². The number of thiazole rings is 1. The quantitative estimate of drug-likeness (QED) is 0.224. The minimum Gasteiger partial charge on any atom is -0.347 e. The van der Waals surface area contributed by atoms with Crippen molar-refractivity contribution in [1.82, 2.24) is 34.5 Å². The van der Waals surface area contributed by atoms with Crippen molar-refractivity contribution in [2.24, 2.45) is 0 Å². The van der Waals surface area contributed by atoms with Crippen LogP contribution >= 0.6 is 11.3 Å². The second kappa shape index (κ2) is 12.6. The van der Waals surface area contributed by atoms with Gasteiger partial charge in [0, 0.05) is 18.3 Å². The van der Waals surface area contributed by atoms with Gasteiger partial charge in [0.05, 0.1) is 6.54 Å². The highest BCUT2D eigenvalue weighted by Crippen LogP contribution is 2.39. The molecule has 0 saturated heterocycles. The highest BCUT2D eigenvalue weighted by molar-refractivity contribution is 7.19. The van der Waals surface area contributed by atoms with Gasteiger partial charge in [-0.25, -0.2) is 9.18 Å². The molecule has 0 radical (unpaired) electrons. The summed E-state index contributed by atoms with van der Waals surface area (Å²) in [7, 11) is 0. The predicted molar refractivity (Wildman–Crippen MR) is 180 cm³/mol. The first kappa shape index (κ1) is 30.6. The number of hydrogen-bond acceptors (Lipinski definition) is 7. The molecule has 0 unspecified atom stereocenters. The Kier molecular flexibility index (Phi) is 8.07. The van der Waals surface area contributed by atoms with Crippen LogP contribution in [0.3, 0.4) is 0 Å². The maximum absolute atomic E-state index is 13.7. The zero-order valence-electron chi connectivity index (χ0n) is 25.7. The predicted octanol–water partition coefficient (Wildman–Crippen LogP) is 4.78. The van der Waals surface area contributed by atoms with Gasteiger partial charge in [0.25, 0.3) is 11.5 Å². The van der Waals surface area contributed by atoms with Crippen LogP contribution in [0.1, 0.15) is 43.3 Å². The van der Waals surface area contributed by atoms with Crippen LogP contribution in [0.25, 0.3) is 4.83 Å². The molecule has 0 aliphatic heterocycles. The molecular weight excluding hydrogens is 630 g/mol. The van der Waals surface area contributed by atoms with Crippen LogP contribution < -0.4 is 16.6 Å². The Hall–Kier alpha value is -6.01. The van der Waals surface area contributed by atoms with Gasteiger partial charge in [-0.1, -0.05) is 103 Å². The van der Waals surface area contributed by atoms with Gasteiger partial charge < -0.3 is 5.32 Å². The molecule has 0 aliphatic carbocycles. The van der Waals surface area contributed by atoms with Crippen LogP contribution in [0, 0.1) is 12.7 Å². The lowest BCUT2D eigenvalue weighted by molar-refractivity contribution is 0.0954. The lowest BCUT2D eigenvalue weighted by Gasteiger charge is -2.34. The summed E-state index contributed by atoms with van der Waals surface area (Å²) >= 11 is 1.04. The van der Waals surface area contributed by atoms with Gasteiger partial charge in [0.2, 0.25) is 0 Å². The molecule has 7 aromatic rings. The largest absolute Gasteiger partial charge is 0.347 e. The number of carbonyl (C=O) groups excluding carboxylic acids is 1. The molecule has 3 aromatic heterocycles. The fourth-order valence-corrected chi connectivity index (χ4v) is 6.86. The Balaban J connectivity index is 1.26. The number of hydrogen-bond donors (Lipinski definition) is 1. The smallest absolute Gasteiger partial charge is 0.336 e. The van der Waals surface area contributed by atoms with E-state index >= 15 is 0 Å². The zero-order chi connectivity index (χ0) is 33.3. The number of tetrazole rings is 1. The number of aromatic nitrogens is 6. The standard InChI is InChI=1S/C36H28FN7O3S/c1-24-33(46)42(35(47)43-22-30(48-34(24)43)32(45)38-21-25-17-19-29(37)20-18-25)23-31-39-41-44(40-31)36(26-11-5-2-6-12-26,27-13-7-3-8-14-27)28-15-9-4-10-16-28/h2-20,22H,21,23H2,1H3,(H,38,45). The molecule has 0 aliphatic rings. The molecule has 0 bridgehead atoms. The van der Waals surface area contributed by atoms with Gasteiger partial charge >= 0.3 is 5.69 Å². The van der Waals surface area contributed by atoms with Crippen molar-refractivity contribution in [3.8, 4) is 0 Å². The van der Waals surface area contributed by atoms with Crippen molar-refractivity contribution >= 4 is 22.1 Å². The average Bonchev–Trinajstić information content (AvgIpc) is 3.79. The third-order valence-corrected chi connectivity index (χ3v) is 9.42. The summed E-state index contributed by atoms with van der Waals surface area (Å²) in [5.74, 6) is -0.630. The molecule has 1 N–H and O–H groups in total. The molecule has 3 heterocycles. The third kappa shape index (κ3) is 5.41. The number of benzene rings is 4. The van der Waals surface area contributed by atoms with E-state index in [1.165, 1.54) is 27.5 Å². The molecule has 0 saturated carbocycles. The summed E-state index contributed by atoms with van der Waals surface area (Å²) in [5.41, 5.74) is 1.53. The fourth-order valence-electron chi connectivity index (χ4n) is 5.86. The molecule has 7 rings (SSSR count). The maximum atomic E-state index is 13.7. The van der Waals surface area contributed by atoms with E-state index in [2.05, 4.69) is 15.6 Å². The molecule has 48 heavy (non-hydrogen) atoms. The number of nitrogens with zero attached hydrogens (tertiary/aromatic N) is 6. The Labute approximate surface area is 277 Å². The van der Waals surface area contributed by atoms with Gasteiger partial charge in [-0.2, -0.15) is 0 Å².